The molecule has 0 atom stereocenters. The predicted octanol–water partition coefficient (Wildman–Crippen LogP) is 2.24. The van der Waals surface area contributed by atoms with E-state index in [4.69, 9.17) is 23.2 Å². The summed E-state index contributed by atoms with van der Waals surface area (Å²) in [7, 11) is 0. The third-order valence-electron chi connectivity index (χ3n) is 0. The van der Waals surface area contributed by atoms with Gasteiger partial charge < -0.3 is 0 Å². The minimum atomic E-state index is 0. The van der Waals surface area contributed by atoms with Crippen LogP contribution in [0.15, 0.2) is 11.1 Å². The van der Waals surface area contributed by atoms with Crippen molar-refractivity contribution in [3.8, 4) is 0 Å². The van der Waals surface area contributed by atoms with E-state index in [1.54, 1.807) is 0 Å². The molecular formula is C2H4Cl2F2. The highest BCUT2D eigenvalue weighted by molar-refractivity contribution is 6.55. The van der Waals surface area contributed by atoms with Gasteiger partial charge in [-0.1, -0.05) is 29.8 Å². The zero-order valence-electron chi connectivity index (χ0n) is 2.78. The van der Waals surface area contributed by atoms with Crippen molar-refractivity contribution in [3.05, 3.63) is 11.1 Å². The number of halogens is 4. The van der Waals surface area contributed by atoms with Crippen LogP contribution >= 0.6 is 23.2 Å². The van der Waals surface area contributed by atoms with Crippen LogP contribution in [0.1, 0.15) is 0 Å². The maximum absolute atomic E-state index is 4.85. The molecule has 0 aliphatic heterocycles. The normalized spacial score (nSPS) is 4.33. The minimum Gasteiger partial charge on any atom is -0.269 e. The minimum absolute atomic E-state index is 0. The Kier molecular flexibility index (Phi) is 24.5. The van der Waals surface area contributed by atoms with Crippen LogP contribution < -0.4 is 0 Å². The molecule has 0 aromatic carbocycles. The summed E-state index contributed by atoms with van der Waals surface area (Å²) < 4.78 is 0.111. The average molecular weight is 137 g/mol. The SMILES string of the molecule is C=C(Cl)Cl.F.F. The fourth-order valence-corrected chi connectivity index (χ4v) is 0. The summed E-state index contributed by atoms with van der Waals surface area (Å²) in [4.78, 5) is 0. The van der Waals surface area contributed by atoms with Crippen LogP contribution in [0, 0.1) is 0 Å². The molecule has 40 valence electrons. The first-order chi connectivity index (χ1) is 1.73. The largest absolute Gasteiger partial charge is 0.269 e. The molecule has 6 heavy (non-hydrogen) atoms. The molecular weight excluding hydrogens is 133 g/mol. The molecule has 0 nitrogen and oxygen atoms in total. The summed E-state index contributed by atoms with van der Waals surface area (Å²) in [5.74, 6) is 0. The van der Waals surface area contributed by atoms with E-state index in [0.29, 0.717) is 0 Å². The van der Waals surface area contributed by atoms with Crippen LogP contribution in [-0.4, -0.2) is 0 Å². The summed E-state index contributed by atoms with van der Waals surface area (Å²) in [6.07, 6.45) is 0. The molecule has 0 heterocycles. The van der Waals surface area contributed by atoms with Gasteiger partial charge in [-0.3, -0.25) is 9.41 Å². The second-order valence-corrected chi connectivity index (χ2v) is 1.44. The van der Waals surface area contributed by atoms with Crippen LogP contribution in [0.2, 0.25) is 0 Å². The molecule has 0 rings (SSSR count). The highest BCUT2D eigenvalue weighted by atomic mass is 35.5. The highest BCUT2D eigenvalue weighted by Crippen LogP contribution is 1.98. The summed E-state index contributed by atoms with van der Waals surface area (Å²) in [5.41, 5.74) is 0. The summed E-state index contributed by atoms with van der Waals surface area (Å²) in [6.45, 7) is 3.09. The lowest BCUT2D eigenvalue weighted by Gasteiger charge is -1.57. The summed E-state index contributed by atoms with van der Waals surface area (Å²) >= 11 is 9.69. The van der Waals surface area contributed by atoms with Crippen LogP contribution in [0.4, 0.5) is 9.41 Å². The number of hydrogen-bond donors (Lipinski definition) is 0. The summed E-state index contributed by atoms with van der Waals surface area (Å²) in [5, 5.41) is 0. The smallest absolute Gasteiger partial charge is 0.0992 e. The van der Waals surface area contributed by atoms with E-state index < -0.39 is 0 Å². The van der Waals surface area contributed by atoms with Gasteiger partial charge in [-0.2, -0.15) is 0 Å². The molecule has 0 amide bonds. The lowest BCUT2D eigenvalue weighted by molar-refractivity contribution is 1.11. The van der Waals surface area contributed by atoms with E-state index in [9.17, 15) is 0 Å². The van der Waals surface area contributed by atoms with Crippen molar-refractivity contribution in [2.75, 3.05) is 0 Å². The standard InChI is InChI=1S/C2H2Cl2.2FH/c1-2(3)4;;/h1H2;2*1H. The second-order valence-electron chi connectivity index (χ2n) is 0.339. The Hall–Kier alpha value is 0.180. The van der Waals surface area contributed by atoms with Crippen LogP contribution in [0.5, 0.6) is 0 Å². The van der Waals surface area contributed by atoms with Crippen molar-refractivity contribution < 1.29 is 9.41 Å². The molecule has 0 saturated carbocycles. The lowest BCUT2D eigenvalue weighted by atomic mass is 11.3. The van der Waals surface area contributed by atoms with E-state index in [1.165, 1.54) is 0 Å². The van der Waals surface area contributed by atoms with Gasteiger partial charge in [-0.25, -0.2) is 0 Å². The molecule has 0 aliphatic rings. The molecule has 0 unspecified atom stereocenters. The fraction of sp³-hybridized carbons (Fsp3) is 0. The molecule has 0 aliphatic carbocycles. The predicted molar refractivity (Wildman–Crippen MR) is 25.9 cm³/mol. The van der Waals surface area contributed by atoms with Gasteiger partial charge in [0, 0.05) is 0 Å². The Bertz CT molecular complexity index is 32.5. The van der Waals surface area contributed by atoms with Gasteiger partial charge in [-0.15, -0.1) is 0 Å². The zero-order chi connectivity index (χ0) is 3.58. The molecule has 0 spiro atoms. The zero-order valence-corrected chi connectivity index (χ0v) is 4.29. The molecule has 0 fully saturated rings. The summed E-state index contributed by atoms with van der Waals surface area (Å²) in [6, 6.07) is 0. The lowest BCUT2D eigenvalue weighted by Crippen LogP contribution is -1.24. The quantitative estimate of drug-likeness (QED) is 0.480. The van der Waals surface area contributed by atoms with Crippen molar-refractivity contribution in [2.45, 2.75) is 0 Å². The molecule has 0 aromatic heterocycles. The topological polar surface area (TPSA) is 0 Å². The Morgan fingerprint density at radius 2 is 1.17 bits per heavy atom. The highest BCUT2D eigenvalue weighted by Gasteiger charge is 1.60. The third kappa shape index (κ3) is 1300. The Labute approximate surface area is 44.5 Å². The molecule has 0 saturated heterocycles. The number of hydrogen-bond acceptors (Lipinski definition) is 0. The Balaban J connectivity index is -0.0000000450. The molecule has 4 heteroatoms. The first-order valence-electron chi connectivity index (χ1n) is 0.732. The van der Waals surface area contributed by atoms with Crippen molar-refractivity contribution in [1.29, 1.82) is 0 Å². The Morgan fingerprint density at radius 1 is 1.17 bits per heavy atom. The van der Waals surface area contributed by atoms with Gasteiger partial charge in [0.05, 0.1) is 4.49 Å². The van der Waals surface area contributed by atoms with Crippen molar-refractivity contribution >= 4 is 23.2 Å². The molecule has 0 aromatic rings. The van der Waals surface area contributed by atoms with Crippen LogP contribution in [0.25, 0.3) is 0 Å². The van der Waals surface area contributed by atoms with Gasteiger partial charge in [0.2, 0.25) is 0 Å². The van der Waals surface area contributed by atoms with Crippen molar-refractivity contribution in [3.63, 3.8) is 0 Å². The third-order valence-corrected chi connectivity index (χ3v) is 0. The first kappa shape index (κ1) is 16.4. The van der Waals surface area contributed by atoms with Gasteiger partial charge in [0.25, 0.3) is 0 Å². The van der Waals surface area contributed by atoms with E-state index in [1.807, 2.05) is 0 Å². The van der Waals surface area contributed by atoms with Crippen LogP contribution in [0.3, 0.4) is 0 Å². The van der Waals surface area contributed by atoms with Gasteiger partial charge in [0.15, 0.2) is 0 Å². The molecule has 0 radical (unpaired) electrons. The molecule has 0 bridgehead atoms. The second kappa shape index (κ2) is 8.95. The van der Waals surface area contributed by atoms with Crippen LogP contribution in [-0.2, 0) is 0 Å². The fourth-order valence-electron chi connectivity index (χ4n) is 0. The van der Waals surface area contributed by atoms with Gasteiger partial charge in [0.1, 0.15) is 0 Å². The van der Waals surface area contributed by atoms with E-state index >= 15 is 0 Å². The average Bonchev–Trinajstić information content (AvgIpc) is 0.811. The van der Waals surface area contributed by atoms with E-state index in [-0.39, 0.29) is 13.9 Å². The Morgan fingerprint density at radius 3 is 1.17 bits per heavy atom. The number of rotatable bonds is 0. The maximum atomic E-state index is 4.85. The van der Waals surface area contributed by atoms with E-state index in [2.05, 4.69) is 6.58 Å². The first-order valence-corrected chi connectivity index (χ1v) is 1.49. The monoisotopic (exact) mass is 136 g/mol. The molecule has 0 N–H and O–H groups in total. The maximum Gasteiger partial charge on any atom is 0.0992 e. The van der Waals surface area contributed by atoms with Crippen molar-refractivity contribution in [2.24, 2.45) is 0 Å². The van der Waals surface area contributed by atoms with E-state index in [0.717, 1.165) is 0 Å². The van der Waals surface area contributed by atoms with Crippen molar-refractivity contribution in [1.82, 2.24) is 0 Å². The van der Waals surface area contributed by atoms with Gasteiger partial charge in [-0.05, 0) is 0 Å². The van der Waals surface area contributed by atoms with Gasteiger partial charge >= 0.3 is 0 Å².